The number of piperidine rings is 1. The number of fused-ring (bicyclic) bond motifs is 3. The third-order valence-corrected chi connectivity index (χ3v) is 8.17. The van der Waals surface area contributed by atoms with Gasteiger partial charge in [-0.3, -0.25) is 4.79 Å². The molecule has 1 saturated heterocycles. The molecule has 8 heteroatoms. The van der Waals surface area contributed by atoms with Gasteiger partial charge in [0.25, 0.3) is 5.91 Å². The van der Waals surface area contributed by atoms with Crippen molar-refractivity contribution in [3.8, 4) is 11.1 Å². The van der Waals surface area contributed by atoms with Crippen LogP contribution in [-0.4, -0.2) is 49.2 Å². The molecule has 3 aromatic rings. The first-order chi connectivity index (χ1) is 19.2. The van der Waals surface area contributed by atoms with E-state index >= 15 is 0 Å². The van der Waals surface area contributed by atoms with Gasteiger partial charge in [0.1, 0.15) is 6.54 Å². The molecule has 0 spiro atoms. The molecule has 3 N–H and O–H groups in total. The summed E-state index contributed by atoms with van der Waals surface area (Å²) in [6, 6.07) is 23.8. The molecule has 0 saturated carbocycles. The molecule has 0 radical (unpaired) electrons. The van der Waals surface area contributed by atoms with Crippen LogP contribution in [0.25, 0.3) is 11.1 Å². The first-order valence-electron chi connectivity index (χ1n) is 14.1. The molecule has 212 valence electrons. The number of hydrogen-bond acceptors (Lipinski definition) is 4. The van der Waals surface area contributed by atoms with Crippen molar-refractivity contribution in [3.63, 3.8) is 0 Å². The molecule has 5 nitrogen and oxygen atoms in total. The maximum Gasteiger partial charge on any atom is 0.402 e. The molecule has 0 bridgehead atoms. The van der Waals surface area contributed by atoms with Gasteiger partial charge in [0, 0.05) is 24.7 Å². The largest absolute Gasteiger partial charge is 0.402 e. The fourth-order valence-electron chi connectivity index (χ4n) is 6.09. The predicted molar refractivity (Wildman–Crippen MR) is 152 cm³/mol. The molecule has 1 heterocycles. The number of benzene rings is 3. The van der Waals surface area contributed by atoms with Crippen molar-refractivity contribution >= 4 is 5.91 Å². The summed E-state index contributed by atoms with van der Waals surface area (Å²) in [5.74, 6) is -0.0208. The summed E-state index contributed by atoms with van der Waals surface area (Å²) in [6.45, 7) is 3.66. The Kier molecular flexibility index (Phi) is 8.59. The van der Waals surface area contributed by atoms with Crippen molar-refractivity contribution in [1.29, 1.82) is 0 Å². The summed E-state index contributed by atoms with van der Waals surface area (Å²) in [7, 11) is 0. The van der Waals surface area contributed by atoms with Crippen molar-refractivity contribution in [2.75, 3.05) is 26.2 Å². The maximum atomic E-state index is 13.0. The lowest BCUT2D eigenvalue weighted by molar-refractivity contribution is -0.127. The number of carbonyl (C=O) groups is 1. The number of nitrogens with zero attached hydrogens (tertiary/aromatic N) is 1. The van der Waals surface area contributed by atoms with Crippen LogP contribution in [0.15, 0.2) is 72.8 Å². The SMILES string of the molecule is Cc1ccc(C(=O)NC2CCN(CCCCC3(NNCC(F)(F)F)c4ccccc4-c4ccccc43)CC2)cc1. The molecule has 2 aliphatic rings. The summed E-state index contributed by atoms with van der Waals surface area (Å²) in [5, 5.41) is 3.17. The number of alkyl halides is 3. The van der Waals surface area contributed by atoms with Crippen LogP contribution in [0.1, 0.15) is 59.2 Å². The fourth-order valence-corrected chi connectivity index (χ4v) is 6.09. The highest BCUT2D eigenvalue weighted by molar-refractivity contribution is 5.94. The van der Waals surface area contributed by atoms with Crippen LogP contribution in [0.5, 0.6) is 0 Å². The number of amides is 1. The van der Waals surface area contributed by atoms with Crippen LogP contribution in [-0.2, 0) is 5.54 Å². The summed E-state index contributed by atoms with van der Waals surface area (Å²) in [4.78, 5) is 15.0. The van der Waals surface area contributed by atoms with Crippen molar-refractivity contribution in [2.24, 2.45) is 0 Å². The Morgan fingerprint density at radius 1 is 0.900 bits per heavy atom. The summed E-state index contributed by atoms with van der Waals surface area (Å²) >= 11 is 0. The molecule has 0 aromatic heterocycles. The molecule has 40 heavy (non-hydrogen) atoms. The molecule has 1 aliphatic heterocycles. The highest BCUT2D eigenvalue weighted by atomic mass is 19.4. The molecular formula is C32H37F3N4O. The van der Waals surface area contributed by atoms with Crippen LogP contribution in [0.3, 0.4) is 0 Å². The Morgan fingerprint density at radius 2 is 1.50 bits per heavy atom. The number of rotatable bonds is 10. The van der Waals surface area contributed by atoms with Crippen LogP contribution in [0.4, 0.5) is 13.2 Å². The van der Waals surface area contributed by atoms with Gasteiger partial charge in [0.05, 0.1) is 5.54 Å². The van der Waals surface area contributed by atoms with Crippen molar-refractivity contribution < 1.29 is 18.0 Å². The minimum atomic E-state index is -4.31. The third kappa shape index (κ3) is 6.40. The molecular weight excluding hydrogens is 513 g/mol. The Labute approximate surface area is 234 Å². The number of halogens is 3. The summed E-state index contributed by atoms with van der Waals surface area (Å²) in [5.41, 5.74) is 10.9. The smallest absolute Gasteiger partial charge is 0.349 e. The minimum Gasteiger partial charge on any atom is -0.349 e. The second-order valence-electron chi connectivity index (χ2n) is 11.0. The van der Waals surface area contributed by atoms with Gasteiger partial charge in [-0.2, -0.15) is 13.2 Å². The van der Waals surface area contributed by atoms with E-state index in [1.54, 1.807) is 0 Å². The lowest BCUT2D eigenvalue weighted by Crippen LogP contribution is -2.52. The topological polar surface area (TPSA) is 56.4 Å². The third-order valence-electron chi connectivity index (χ3n) is 8.17. The number of aryl methyl sites for hydroxylation is 1. The second-order valence-corrected chi connectivity index (χ2v) is 11.0. The number of nitrogens with one attached hydrogen (secondary N) is 3. The van der Waals surface area contributed by atoms with Gasteiger partial charge >= 0.3 is 6.18 Å². The van der Waals surface area contributed by atoms with Crippen molar-refractivity contribution in [2.45, 2.75) is 56.8 Å². The Morgan fingerprint density at radius 3 is 2.10 bits per heavy atom. The monoisotopic (exact) mass is 550 g/mol. The second kappa shape index (κ2) is 12.1. The molecule has 0 unspecified atom stereocenters. The van der Waals surface area contributed by atoms with Gasteiger partial charge < -0.3 is 10.2 Å². The molecule has 1 amide bonds. The number of likely N-dealkylation sites (tertiary alicyclic amines) is 1. The average Bonchev–Trinajstić information content (AvgIpc) is 3.22. The quantitative estimate of drug-likeness (QED) is 0.216. The zero-order chi connectivity index (χ0) is 28.2. The van der Waals surface area contributed by atoms with Crippen molar-refractivity contribution in [3.05, 3.63) is 95.1 Å². The minimum absolute atomic E-state index is 0.0208. The number of hydrogen-bond donors (Lipinski definition) is 3. The normalized spacial score (nSPS) is 16.9. The molecule has 0 atom stereocenters. The Balaban J connectivity index is 1.17. The number of carbonyl (C=O) groups excluding carboxylic acids is 1. The molecule has 3 aromatic carbocycles. The molecule has 1 fully saturated rings. The van der Waals surface area contributed by atoms with E-state index in [1.165, 1.54) is 0 Å². The Hall–Kier alpha value is -3.20. The van der Waals surface area contributed by atoms with Crippen LogP contribution >= 0.6 is 0 Å². The fraction of sp³-hybridized carbons (Fsp3) is 0.406. The van der Waals surface area contributed by atoms with E-state index < -0.39 is 18.3 Å². The zero-order valence-corrected chi connectivity index (χ0v) is 22.9. The van der Waals surface area contributed by atoms with Gasteiger partial charge in [-0.15, -0.1) is 0 Å². The number of hydrazine groups is 1. The van der Waals surface area contributed by atoms with Gasteiger partial charge in [0.2, 0.25) is 0 Å². The molecule has 5 rings (SSSR count). The number of unbranched alkanes of at least 4 members (excludes halogenated alkanes) is 1. The van der Waals surface area contributed by atoms with E-state index in [2.05, 4.69) is 21.1 Å². The lowest BCUT2D eigenvalue weighted by Gasteiger charge is -2.35. The highest BCUT2D eigenvalue weighted by Crippen LogP contribution is 2.49. The first kappa shape index (κ1) is 28.3. The maximum absolute atomic E-state index is 13.0. The van der Waals surface area contributed by atoms with Gasteiger partial charge in [-0.25, -0.2) is 10.9 Å². The van der Waals surface area contributed by atoms with Crippen LogP contribution in [0, 0.1) is 6.92 Å². The van der Waals surface area contributed by atoms with E-state index in [0.29, 0.717) is 12.0 Å². The van der Waals surface area contributed by atoms with Gasteiger partial charge in [-0.05, 0) is 80.0 Å². The predicted octanol–water partition coefficient (Wildman–Crippen LogP) is 5.94. The summed E-state index contributed by atoms with van der Waals surface area (Å²) in [6.07, 6.45) is -0.0240. The van der Waals surface area contributed by atoms with E-state index in [1.807, 2.05) is 79.7 Å². The highest BCUT2D eigenvalue weighted by Gasteiger charge is 2.43. The lowest BCUT2D eigenvalue weighted by atomic mass is 9.83. The van der Waals surface area contributed by atoms with E-state index in [-0.39, 0.29) is 11.9 Å². The van der Waals surface area contributed by atoms with E-state index in [0.717, 1.165) is 73.1 Å². The van der Waals surface area contributed by atoms with Crippen LogP contribution < -0.4 is 16.2 Å². The van der Waals surface area contributed by atoms with Crippen LogP contribution in [0.2, 0.25) is 0 Å². The van der Waals surface area contributed by atoms with Gasteiger partial charge in [0.15, 0.2) is 0 Å². The van der Waals surface area contributed by atoms with E-state index in [4.69, 9.17) is 0 Å². The van der Waals surface area contributed by atoms with E-state index in [9.17, 15) is 18.0 Å². The first-order valence-corrected chi connectivity index (χ1v) is 14.1. The average molecular weight is 551 g/mol. The molecule has 1 aliphatic carbocycles. The van der Waals surface area contributed by atoms with Gasteiger partial charge in [-0.1, -0.05) is 66.2 Å². The summed E-state index contributed by atoms with van der Waals surface area (Å²) < 4.78 is 39.1. The zero-order valence-electron chi connectivity index (χ0n) is 22.9. The standard InChI is InChI=1S/C32H37F3N4O/c1-23-12-14-24(15-13-23)30(40)37-25-16-20-39(21-17-25)19-7-6-18-31(38-36-22-32(33,34)35)28-10-4-2-8-26(28)27-9-3-5-11-29(27)31/h2-5,8-15,25,36,38H,6-7,16-22H2,1H3,(H,37,40). The van der Waals surface area contributed by atoms with Crippen molar-refractivity contribution in [1.82, 2.24) is 21.1 Å². The Bertz CT molecular complexity index is 1250.